The molecule has 2 fully saturated rings. The molecule has 1 saturated carbocycles. The quantitative estimate of drug-likeness (QED) is 0.0759. The Bertz CT molecular complexity index is 2420. The molecule has 1 saturated heterocycles. The summed E-state index contributed by atoms with van der Waals surface area (Å²) in [6, 6.07) is 30.4. The zero-order valence-corrected chi connectivity index (χ0v) is 39.8. The topological polar surface area (TPSA) is 56.3 Å². The van der Waals surface area contributed by atoms with Gasteiger partial charge in [-0.1, -0.05) is 124 Å². The number of likely N-dealkylation sites (tertiary alicyclic amines) is 1. The first kappa shape index (κ1) is 47.7. The maximum Gasteiger partial charge on any atom is 0.187 e. The van der Waals surface area contributed by atoms with Crippen LogP contribution in [0, 0.1) is 5.92 Å². The molecule has 2 aliphatic carbocycles. The molecule has 62 heavy (non-hydrogen) atoms. The Morgan fingerprint density at radius 2 is 1.26 bits per heavy atom. The third-order valence-electron chi connectivity index (χ3n) is 13.5. The van der Waals surface area contributed by atoms with Crippen molar-refractivity contribution in [2.75, 3.05) is 33.8 Å². The highest BCUT2D eigenvalue weighted by Crippen LogP contribution is 2.66. The van der Waals surface area contributed by atoms with Gasteiger partial charge in [0, 0.05) is 107 Å². The highest BCUT2D eigenvalue weighted by Gasteiger charge is 2.66. The number of alkyl halides is 1. The maximum atomic E-state index is 12.3. The summed E-state index contributed by atoms with van der Waals surface area (Å²) in [4.78, 5) is 19.6. The molecule has 5 aliphatic rings. The van der Waals surface area contributed by atoms with Crippen LogP contribution < -0.4 is 14.3 Å². The summed E-state index contributed by atoms with van der Waals surface area (Å²) >= 11 is 2.07. The molecule has 3 heterocycles. The fraction of sp³-hybridized carbons (Fsp3) is 0.453. The third kappa shape index (κ3) is 8.73. The zero-order chi connectivity index (χ0) is 43.7. The van der Waals surface area contributed by atoms with Crippen molar-refractivity contribution >= 4 is 78.6 Å². The number of carbonyl (C=O) groups is 1. The van der Waals surface area contributed by atoms with Gasteiger partial charge in [0.15, 0.2) is 5.78 Å². The molecule has 2 radical (unpaired) electrons. The molecule has 0 bridgehead atoms. The number of aromatic hydroxyl groups is 1. The van der Waals surface area contributed by atoms with E-state index in [1.54, 1.807) is 0 Å². The maximum absolute atomic E-state index is 12.3. The van der Waals surface area contributed by atoms with E-state index in [1.807, 2.05) is 42.5 Å². The van der Waals surface area contributed by atoms with Gasteiger partial charge in [0.25, 0.3) is 0 Å². The van der Waals surface area contributed by atoms with Gasteiger partial charge in [-0.2, -0.15) is 0 Å². The van der Waals surface area contributed by atoms with E-state index in [1.165, 1.54) is 51.0 Å². The Balaban J connectivity index is 0.000000170. The largest absolute Gasteiger partial charge is 0.507 e. The van der Waals surface area contributed by atoms with E-state index in [4.69, 9.17) is 13.6 Å². The first-order valence-corrected chi connectivity index (χ1v) is 23.9. The second-order valence-electron chi connectivity index (χ2n) is 17.7. The number of fused-ring (bicyclic) bond motifs is 7. The van der Waals surface area contributed by atoms with Crippen LogP contribution in [0.2, 0.25) is 0 Å². The Kier molecular flexibility index (Phi) is 15.7. The second kappa shape index (κ2) is 20.4. The van der Waals surface area contributed by atoms with Crippen molar-refractivity contribution in [1.82, 2.24) is 4.90 Å². The van der Waals surface area contributed by atoms with Crippen molar-refractivity contribution in [3.63, 3.8) is 0 Å². The fourth-order valence-corrected chi connectivity index (χ4v) is 10.7. The molecule has 5 atom stereocenters. The predicted molar refractivity (Wildman–Crippen MR) is 280 cm³/mol. The Hall–Kier alpha value is -3.75. The standard InChI is InChI=1S/C17H22NOP.C17H21NO.C16H17NO.CH2BI.2CH4/c1-4-12-10-18(11(2)3)15-9-16(19-20)13-7-5-6-8-14(13)17(12)15;1-4-12-10-18(11(2)3)15-9-16(19)13-7-5-6-8-14(13)17(12)15;1-10(2)17-9-11-8-16(11)13-6-4-3-5-12(13)14(18)7-15(16)17;2-1-3;;/h5-9,11-12H,4,10,20H2,1-3H3;5-9,11-12,19H,4,10H2,1-3H3;3-7,10-11H,8-9H2,1-2H3;1H2;2*1H4/t2*12-;11-,16?;;;/m111.../s1/i20D;;;;;/t12-,20?;m;;;;. The number of allylic oxidation sites excluding steroid dienone is 2. The molecule has 1 N–H and O–H groups in total. The lowest BCUT2D eigenvalue weighted by Gasteiger charge is -2.33. The van der Waals surface area contributed by atoms with Crippen LogP contribution in [-0.4, -0.2) is 67.0 Å². The fourth-order valence-electron chi connectivity index (χ4n) is 10.5. The first-order chi connectivity index (χ1) is 29.4. The van der Waals surface area contributed by atoms with Crippen molar-refractivity contribution in [2.24, 2.45) is 5.92 Å². The zero-order valence-electron chi connectivity index (χ0n) is 37.6. The molecule has 9 heteroatoms. The summed E-state index contributed by atoms with van der Waals surface area (Å²) in [5.41, 5.74) is 9.07. The minimum atomic E-state index is -0.274. The number of hydrogen-bond acceptors (Lipinski definition) is 6. The lowest BCUT2D eigenvalue weighted by molar-refractivity contribution is 0.103. The van der Waals surface area contributed by atoms with Gasteiger partial charge in [-0.15, -0.1) is 0 Å². The van der Waals surface area contributed by atoms with Crippen LogP contribution in [0.4, 0.5) is 11.4 Å². The van der Waals surface area contributed by atoms with Crippen LogP contribution in [0.25, 0.3) is 21.5 Å². The van der Waals surface area contributed by atoms with Crippen LogP contribution in [-0.2, 0) is 5.41 Å². The lowest BCUT2D eigenvalue weighted by Crippen LogP contribution is -2.33. The molecule has 5 aromatic rings. The summed E-state index contributed by atoms with van der Waals surface area (Å²) in [6.45, 7) is 21.1. The van der Waals surface area contributed by atoms with E-state index in [9.17, 15) is 9.90 Å². The molecule has 2 unspecified atom stereocenters. The molecule has 3 aliphatic heterocycles. The Morgan fingerprint density at radius 3 is 1.79 bits per heavy atom. The SMILES string of the molecule is C.C.CC(C)N1C[C@H]2CC23C1=CC(=O)c1ccccc13.CC[C@@H]1CN(C(C)C)c2cc(O)c3ccccc3c21.[2H]POc1cc2c(c3ccccc13)[C@H](CC)CN2C(C)C.[B]CI. The van der Waals surface area contributed by atoms with Gasteiger partial charge in [-0.25, -0.2) is 0 Å². The molecular weight excluding hydrogens is 895 g/mol. The van der Waals surface area contributed by atoms with Gasteiger partial charge >= 0.3 is 0 Å². The predicted octanol–water partition coefficient (Wildman–Crippen LogP) is 13.6. The Morgan fingerprint density at radius 1 is 0.774 bits per heavy atom. The van der Waals surface area contributed by atoms with Gasteiger partial charge in [-0.05, 0) is 98.5 Å². The number of halogens is 1. The van der Waals surface area contributed by atoms with Gasteiger partial charge in [-0.3, -0.25) is 4.79 Å². The average molecular weight is 967 g/mol. The number of anilines is 2. The first-order valence-electron chi connectivity index (χ1n) is 22.4. The summed E-state index contributed by atoms with van der Waals surface area (Å²) < 4.78 is 13.7. The van der Waals surface area contributed by atoms with Crippen LogP contribution in [0.15, 0.2) is 96.7 Å². The molecule has 1 spiro atoms. The van der Waals surface area contributed by atoms with E-state index >= 15 is 0 Å². The van der Waals surface area contributed by atoms with E-state index in [0.717, 1.165) is 64.8 Å². The number of rotatable bonds is 7. The van der Waals surface area contributed by atoms with Crippen molar-refractivity contribution < 1.29 is 14.4 Å². The van der Waals surface area contributed by atoms with E-state index in [0.29, 0.717) is 35.7 Å². The van der Waals surface area contributed by atoms with Crippen molar-refractivity contribution in [1.29, 1.82) is 1.28 Å². The molecule has 6 nitrogen and oxygen atoms in total. The number of phenolic OH excluding ortho intramolecular Hbond substituents is 1. The summed E-state index contributed by atoms with van der Waals surface area (Å²) in [7, 11) is 4.56. The van der Waals surface area contributed by atoms with Crippen molar-refractivity contribution in [2.45, 2.75) is 125 Å². The van der Waals surface area contributed by atoms with Crippen molar-refractivity contribution in [3.8, 4) is 11.5 Å². The van der Waals surface area contributed by atoms with E-state index < -0.39 is 0 Å². The third-order valence-corrected chi connectivity index (χ3v) is 13.8. The molecule has 0 aromatic heterocycles. The number of phenols is 1. The van der Waals surface area contributed by atoms with E-state index in [2.05, 4.69) is 141 Å². The van der Waals surface area contributed by atoms with Crippen LogP contribution >= 0.6 is 32.0 Å². The monoisotopic (exact) mass is 966 g/mol. The number of piperidine rings is 1. The molecule has 10 rings (SSSR count). The summed E-state index contributed by atoms with van der Waals surface area (Å²) in [5.74, 6) is 3.31. The second-order valence-corrected chi connectivity index (χ2v) is 18.8. The number of benzene rings is 5. The van der Waals surface area contributed by atoms with Gasteiger partial charge in [0.2, 0.25) is 0 Å². The van der Waals surface area contributed by atoms with Gasteiger partial charge in [0.1, 0.15) is 11.5 Å². The van der Waals surface area contributed by atoms with Crippen LogP contribution in [0.3, 0.4) is 0 Å². The van der Waals surface area contributed by atoms with Crippen LogP contribution in [0.1, 0.15) is 128 Å². The number of carbonyl (C=O) groups excluding carboxylic acids is 1. The smallest absolute Gasteiger partial charge is 0.187 e. The normalized spacial score (nSPS) is 21.3. The van der Waals surface area contributed by atoms with E-state index in [-0.39, 0.29) is 35.5 Å². The number of hydrogen-bond donors (Lipinski definition) is 1. The molecular formula is C53H70BIN3O3P. The molecule has 0 amide bonds. The summed E-state index contributed by atoms with van der Waals surface area (Å²) in [5, 5.41) is 14.9. The van der Waals surface area contributed by atoms with Gasteiger partial charge in [0.05, 0.1) is 18.5 Å². The van der Waals surface area contributed by atoms with Gasteiger partial charge < -0.3 is 24.3 Å². The average Bonchev–Trinajstić information content (AvgIpc) is 3.49. The highest BCUT2D eigenvalue weighted by atomic mass is 127. The van der Waals surface area contributed by atoms with Crippen LogP contribution in [0.5, 0.6) is 11.5 Å². The number of nitrogens with zero attached hydrogens (tertiary/aromatic N) is 3. The van der Waals surface area contributed by atoms with Crippen molar-refractivity contribution in [3.05, 3.63) is 119 Å². The Labute approximate surface area is 392 Å². The minimum absolute atomic E-state index is 0. The molecule has 330 valence electrons. The summed E-state index contributed by atoms with van der Waals surface area (Å²) in [6.07, 6.45) is 5.42. The number of ketones is 1. The molecule has 5 aromatic carbocycles. The minimum Gasteiger partial charge on any atom is -0.507 e. The highest BCUT2D eigenvalue weighted by molar-refractivity contribution is 14.1. The lowest BCUT2D eigenvalue weighted by atomic mass is 9.81.